The van der Waals surface area contributed by atoms with E-state index in [0.29, 0.717) is 22.9 Å². The minimum absolute atomic E-state index is 0.0491. The zero-order valence-corrected chi connectivity index (χ0v) is 19.2. The number of likely N-dealkylation sites (tertiary alicyclic amines) is 1. The molecule has 31 heavy (non-hydrogen) atoms. The smallest absolute Gasteiger partial charge is 0.254 e. The number of thiazole rings is 1. The molecular weight excluding hydrogens is 412 g/mol. The number of nitrogens with zero attached hydrogens (tertiary/aromatic N) is 3. The van der Waals surface area contributed by atoms with Crippen LogP contribution in [0.5, 0.6) is 0 Å². The Labute approximate surface area is 187 Å². The molecule has 2 heterocycles. The number of hydrogen-bond acceptors (Lipinski definition) is 5. The number of rotatable bonds is 8. The first-order valence-corrected chi connectivity index (χ1v) is 11.6. The molecule has 0 radical (unpaired) electrons. The number of amides is 3. The van der Waals surface area contributed by atoms with E-state index >= 15 is 0 Å². The largest absolute Gasteiger partial charge is 0.342 e. The van der Waals surface area contributed by atoms with Crippen LogP contribution in [0.3, 0.4) is 0 Å². The summed E-state index contributed by atoms with van der Waals surface area (Å²) in [6.07, 6.45) is 2.36. The highest BCUT2D eigenvalue weighted by molar-refractivity contribution is 7.13. The van der Waals surface area contributed by atoms with Crippen LogP contribution in [-0.2, 0) is 16.0 Å². The van der Waals surface area contributed by atoms with Crippen molar-refractivity contribution in [3.63, 3.8) is 0 Å². The maximum Gasteiger partial charge on any atom is 0.254 e. The molecule has 0 aliphatic carbocycles. The van der Waals surface area contributed by atoms with Crippen LogP contribution < -0.4 is 5.32 Å². The molecule has 1 aliphatic rings. The molecule has 0 bridgehead atoms. The van der Waals surface area contributed by atoms with Crippen molar-refractivity contribution in [1.82, 2.24) is 14.8 Å². The van der Waals surface area contributed by atoms with Gasteiger partial charge in [0, 0.05) is 30.6 Å². The van der Waals surface area contributed by atoms with Crippen molar-refractivity contribution in [1.29, 1.82) is 0 Å². The summed E-state index contributed by atoms with van der Waals surface area (Å²) in [6, 6.07) is 7.35. The number of carbonyl (C=O) groups is 3. The van der Waals surface area contributed by atoms with Gasteiger partial charge in [-0.1, -0.05) is 31.5 Å². The van der Waals surface area contributed by atoms with Crippen LogP contribution in [0.25, 0.3) is 0 Å². The second-order valence-corrected chi connectivity index (χ2v) is 9.26. The zero-order valence-electron chi connectivity index (χ0n) is 18.4. The van der Waals surface area contributed by atoms with Gasteiger partial charge in [-0.05, 0) is 37.8 Å². The Morgan fingerprint density at radius 2 is 1.84 bits per heavy atom. The van der Waals surface area contributed by atoms with Gasteiger partial charge in [0.1, 0.15) is 6.54 Å². The molecule has 1 fully saturated rings. The molecule has 1 aromatic heterocycles. The third-order valence-corrected chi connectivity index (χ3v) is 5.90. The van der Waals surface area contributed by atoms with Gasteiger partial charge in [-0.3, -0.25) is 14.4 Å². The Morgan fingerprint density at radius 3 is 2.48 bits per heavy atom. The van der Waals surface area contributed by atoms with Gasteiger partial charge in [0.15, 0.2) is 5.13 Å². The zero-order chi connectivity index (χ0) is 22.4. The summed E-state index contributed by atoms with van der Waals surface area (Å²) in [7, 11) is 0. The van der Waals surface area contributed by atoms with Crippen molar-refractivity contribution < 1.29 is 14.4 Å². The lowest BCUT2D eigenvalue weighted by atomic mass is 10.1. The van der Waals surface area contributed by atoms with Gasteiger partial charge in [-0.2, -0.15) is 0 Å². The molecule has 0 spiro atoms. The Hall–Kier alpha value is -2.74. The molecule has 1 saturated heterocycles. The number of aromatic nitrogens is 1. The first-order valence-electron chi connectivity index (χ1n) is 10.7. The summed E-state index contributed by atoms with van der Waals surface area (Å²) in [5.41, 5.74) is 2.30. The number of carbonyl (C=O) groups excluding carboxylic acids is 3. The number of aryl methyl sites for hydroxylation is 1. The monoisotopic (exact) mass is 442 g/mol. The molecule has 1 N–H and O–H groups in total. The number of hydrogen-bond donors (Lipinski definition) is 1. The Balaban J connectivity index is 1.59. The van der Waals surface area contributed by atoms with E-state index in [1.165, 1.54) is 11.3 Å². The molecule has 1 aliphatic heterocycles. The van der Waals surface area contributed by atoms with Crippen LogP contribution >= 0.6 is 11.3 Å². The van der Waals surface area contributed by atoms with Crippen molar-refractivity contribution in [3.8, 4) is 0 Å². The lowest BCUT2D eigenvalue weighted by Gasteiger charge is -2.24. The number of nitrogens with one attached hydrogen (secondary N) is 1. The highest BCUT2D eigenvalue weighted by atomic mass is 32.1. The molecule has 0 unspecified atom stereocenters. The van der Waals surface area contributed by atoms with Crippen LogP contribution in [0.1, 0.15) is 48.3 Å². The van der Waals surface area contributed by atoms with Crippen molar-refractivity contribution in [2.75, 3.05) is 31.5 Å². The normalized spacial score (nSPS) is 13.5. The molecule has 166 valence electrons. The van der Waals surface area contributed by atoms with Crippen molar-refractivity contribution in [2.24, 2.45) is 5.92 Å². The van der Waals surface area contributed by atoms with Gasteiger partial charge in [-0.15, -0.1) is 11.3 Å². The van der Waals surface area contributed by atoms with E-state index in [1.807, 2.05) is 37.8 Å². The fourth-order valence-corrected chi connectivity index (χ4v) is 4.28. The topological polar surface area (TPSA) is 82.6 Å². The maximum atomic E-state index is 12.9. The van der Waals surface area contributed by atoms with Crippen LogP contribution in [0, 0.1) is 12.8 Å². The summed E-state index contributed by atoms with van der Waals surface area (Å²) >= 11 is 1.29. The molecule has 2 aromatic rings. The fourth-order valence-electron chi connectivity index (χ4n) is 3.55. The summed E-state index contributed by atoms with van der Waals surface area (Å²) < 4.78 is 0. The first-order chi connectivity index (χ1) is 14.8. The minimum Gasteiger partial charge on any atom is -0.342 e. The van der Waals surface area contributed by atoms with Crippen molar-refractivity contribution >= 4 is 34.2 Å². The van der Waals surface area contributed by atoms with Gasteiger partial charge < -0.3 is 15.1 Å². The molecule has 7 nitrogen and oxygen atoms in total. The second kappa shape index (κ2) is 10.5. The number of benzene rings is 1. The SMILES string of the molecule is Cc1ccc(C(=O)N(CC(=O)Nc2nc(CC(=O)N3CCCC3)cs2)CC(C)C)cc1. The molecule has 8 heteroatoms. The summed E-state index contributed by atoms with van der Waals surface area (Å²) in [5, 5.41) is 5.02. The molecule has 3 rings (SSSR count). The van der Waals surface area contributed by atoms with Crippen LogP contribution in [0.15, 0.2) is 29.6 Å². The Morgan fingerprint density at radius 1 is 1.16 bits per heavy atom. The van der Waals surface area contributed by atoms with Crippen molar-refractivity contribution in [2.45, 2.75) is 40.0 Å². The molecule has 0 saturated carbocycles. The summed E-state index contributed by atoms with van der Waals surface area (Å²) in [6.45, 7) is 8.05. The quantitative estimate of drug-likeness (QED) is 0.680. The second-order valence-electron chi connectivity index (χ2n) is 8.40. The Bertz CT molecular complexity index is 917. The Kier molecular flexibility index (Phi) is 7.79. The van der Waals surface area contributed by atoms with Gasteiger partial charge in [0.25, 0.3) is 5.91 Å². The molecule has 0 atom stereocenters. The van der Waals surface area contributed by atoms with E-state index in [-0.39, 0.29) is 36.6 Å². The lowest BCUT2D eigenvalue weighted by Crippen LogP contribution is -2.40. The predicted octanol–water partition coefficient (Wildman–Crippen LogP) is 3.35. The average Bonchev–Trinajstić information content (AvgIpc) is 3.39. The van der Waals surface area contributed by atoms with E-state index < -0.39 is 0 Å². The van der Waals surface area contributed by atoms with Crippen molar-refractivity contribution in [3.05, 3.63) is 46.5 Å². The van der Waals surface area contributed by atoms with Gasteiger partial charge in [0.05, 0.1) is 12.1 Å². The predicted molar refractivity (Wildman–Crippen MR) is 122 cm³/mol. The van der Waals surface area contributed by atoms with Crippen LogP contribution in [-0.4, -0.2) is 58.7 Å². The average molecular weight is 443 g/mol. The van der Waals surface area contributed by atoms with E-state index in [2.05, 4.69) is 10.3 Å². The highest BCUT2D eigenvalue weighted by Crippen LogP contribution is 2.18. The fraction of sp³-hybridized carbons (Fsp3) is 0.478. The van der Waals surface area contributed by atoms with Crippen LogP contribution in [0.4, 0.5) is 5.13 Å². The third kappa shape index (κ3) is 6.62. The molecular formula is C23H30N4O3S. The van der Waals surface area contributed by atoms with E-state index in [9.17, 15) is 14.4 Å². The summed E-state index contributed by atoms with van der Waals surface area (Å²) in [4.78, 5) is 45.6. The third-order valence-electron chi connectivity index (χ3n) is 5.09. The van der Waals surface area contributed by atoms with Gasteiger partial charge >= 0.3 is 0 Å². The molecule has 3 amide bonds. The minimum atomic E-state index is -0.298. The standard InChI is InChI=1S/C23H30N4O3S/c1-16(2)13-27(22(30)18-8-6-17(3)7-9-18)14-20(28)25-23-24-19(15-31-23)12-21(29)26-10-4-5-11-26/h6-9,15-16H,4-5,10-14H2,1-3H3,(H,24,25,28). The summed E-state index contributed by atoms with van der Waals surface area (Å²) in [5.74, 6) is -0.162. The van der Waals surface area contributed by atoms with Gasteiger partial charge in [-0.25, -0.2) is 4.98 Å². The maximum absolute atomic E-state index is 12.9. The van der Waals surface area contributed by atoms with E-state index in [1.54, 1.807) is 22.4 Å². The van der Waals surface area contributed by atoms with Gasteiger partial charge in [0.2, 0.25) is 11.8 Å². The number of anilines is 1. The van der Waals surface area contributed by atoms with E-state index in [0.717, 1.165) is 31.5 Å². The van der Waals surface area contributed by atoms with Crippen LogP contribution in [0.2, 0.25) is 0 Å². The molecule has 1 aromatic carbocycles. The first kappa shape index (κ1) is 22.9. The lowest BCUT2D eigenvalue weighted by molar-refractivity contribution is -0.129. The van der Waals surface area contributed by atoms with E-state index in [4.69, 9.17) is 0 Å². The highest BCUT2D eigenvalue weighted by Gasteiger charge is 2.22.